The van der Waals surface area contributed by atoms with Gasteiger partial charge in [-0.05, 0) is 26.3 Å². The first kappa shape index (κ1) is 10.6. The van der Waals surface area contributed by atoms with Crippen LogP contribution in [0.25, 0.3) is 0 Å². The van der Waals surface area contributed by atoms with E-state index in [1.54, 1.807) is 0 Å². The van der Waals surface area contributed by atoms with Crippen LogP contribution < -0.4 is 5.32 Å². The van der Waals surface area contributed by atoms with Crippen molar-refractivity contribution in [2.24, 2.45) is 0 Å². The van der Waals surface area contributed by atoms with Gasteiger partial charge in [0.15, 0.2) is 0 Å². The van der Waals surface area contributed by atoms with Gasteiger partial charge in [0.05, 0.1) is 18.8 Å². The van der Waals surface area contributed by atoms with E-state index in [0.29, 0.717) is 12.6 Å². The van der Waals surface area contributed by atoms with Crippen molar-refractivity contribution >= 4 is 0 Å². The van der Waals surface area contributed by atoms with Gasteiger partial charge >= 0.3 is 0 Å². The number of hydrogen-bond donors (Lipinski definition) is 1. The molecule has 2 rings (SSSR count). The number of aromatic nitrogens is 3. The Balaban J connectivity index is 1.93. The lowest BCUT2D eigenvalue weighted by Gasteiger charge is -2.22. The van der Waals surface area contributed by atoms with Crippen molar-refractivity contribution in [3.63, 3.8) is 0 Å². The molecule has 0 aliphatic carbocycles. The van der Waals surface area contributed by atoms with Gasteiger partial charge in [0.25, 0.3) is 0 Å². The zero-order valence-electron chi connectivity index (χ0n) is 9.15. The average Bonchev–Trinajstić information content (AvgIpc) is 2.76. The van der Waals surface area contributed by atoms with E-state index in [4.69, 9.17) is 4.74 Å². The summed E-state index contributed by atoms with van der Waals surface area (Å²) in [5.41, 5.74) is 0.919. The Morgan fingerprint density at radius 3 is 3.33 bits per heavy atom. The van der Waals surface area contributed by atoms with Crippen molar-refractivity contribution in [2.45, 2.75) is 32.4 Å². The molecule has 15 heavy (non-hydrogen) atoms. The van der Waals surface area contributed by atoms with Crippen molar-refractivity contribution in [1.29, 1.82) is 0 Å². The van der Waals surface area contributed by atoms with E-state index in [1.807, 2.05) is 17.8 Å². The van der Waals surface area contributed by atoms with E-state index in [1.165, 1.54) is 12.8 Å². The van der Waals surface area contributed by atoms with E-state index >= 15 is 0 Å². The van der Waals surface area contributed by atoms with Gasteiger partial charge in [-0.1, -0.05) is 5.21 Å². The number of piperidine rings is 1. The lowest BCUT2D eigenvalue weighted by Crippen LogP contribution is -2.31. The third-order valence-electron chi connectivity index (χ3n) is 2.66. The number of nitrogens with zero attached hydrogens (tertiary/aromatic N) is 3. The maximum atomic E-state index is 5.29. The lowest BCUT2D eigenvalue weighted by molar-refractivity contribution is 0.131. The first-order valence-electron chi connectivity index (χ1n) is 5.59. The molecule has 5 heteroatoms. The van der Waals surface area contributed by atoms with Crippen LogP contribution in [0.1, 0.15) is 31.5 Å². The first-order chi connectivity index (χ1) is 7.40. The summed E-state index contributed by atoms with van der Waals surface area (Å²) in [6, 6.07) is 0.460. The van der Waals surface area contributed by atoms with Gasteiger partial charge in [0.1, 0.15) is 5.69 Å². The maximum Gasteiger partial charge on any atom is 0.108 e. The molecule has 0 spiro atoms. The van der Waals surface area contributed by atoms with Crippen LogP contribution in [0.3, 0.4) is 0 Å². The fourth-order valence-electron chi connectivity index (χ4n) is 1.82. The Morgan fingerprint density at radius 1 is 1.67 bits per heavy atom. The van der Waals surface area contributed by atoms with E-state index in [2.05, 4.69) is 15.6 Å². The quantitative estimate of drug-likeness (QED) is 0.796. The van der Waals surface area contributed by atoms with Crippen LogP contribution in [-0.4, -0.2) is 34.7 Å². The monoisotopic (exact) mass is 210 g/mol. The minimum absolute atomic E-state index is 0.460. The molecule has 1 aliphatic heterocycles. The molecular formula is C10H18N4O. The molecule has 1 aromatic rings. The predicted octanol–water partition coefficient (Wildman–Crippen LogP) is 0.739. The van der Waals surface area contributed by atoms with Gasteiger partial charge in [0, 0.05) is 13.2 Å². The second-order valence-electron chi connectivity index (χ2n) is 3.83. The Hall–Kier alpha value is -0.940. The van der Waals surface area contributed by atoms with Crippen molar-refractivity contribution in [2.75, 3.05) is 19.7 Å². The van der Waals surface area contributed by atoms with Gasteiger partial charge in [0.2, 0.25) is 0 Å². The van der Waals surface area contributed by atoms with E-state index in [0.717, 1.165) is 25.4 Å². The van der Waals surface area contributed by atoms with E-state index in [-0.39, 0.29) is 0 Å². The second kappa shape index (κ2) is 5.23. The summed E-state index contributed by atoms with van der Waals surface area (Å²) in [5.74, 6) is 0. The fourth-order valence-corrected chi connectivity index (χ4v) is 1.82. The van der Waals surface area contributed by atoms with Crippen LogP contribution in [0.2, 0.25) is 0 Å². The molecule has 1 aromatic heterocycles. The molecule has 0 unspecified atom stereocenters. The molecule has 1 fully saturated rings. The van der Waals surface area contributed by atoms with Crippen LogP contribution in [0.4, 0.5) is 0 Å². The standard InChI is InChI=1S/C10H18N4O/c1-2-15-8-9-7-14(13-12-9)10-4-3-5-11-6-10/h7,10-11H,2-6,8H2,1H3/t10-/m1/s1. The molecule has 0 saturated carbocycles. The molecule has 84 valence electrons. The molecular weight excluding hydrogens is 192 g/mol. The number of ether oxygens (including phenoxy) is 1. The average molecular weight is 210 g/mol. The molecule has 1 atom stereocenters. The molecule has 5 nitrogen and oxygen atoms in total. The Bertz CT molecular complexity index is 293. The minimum Gasteiger partial charge on any atom is -0.375 e. The van der Waals surface area contributed by atoms with E-state index in [9.17, 15) is 0 Å². The largest absolute Gasteiger partial charge is 0.375 e. The highest BCUT2D eigenvalue weighted by molar-refractivity contribution is 4.92. The molecule has 0 aromatic carbocycles. The van der Waals surface area contributed by atoms with Gasteiger partial charge in [-0.2, -0.15) is 0 Å². The summed E-state index contributed by atoms with van der Waals surface area (Å²) in [4.78, 5) is 0. The summed E-state index contributed by atoms with van der Waals surface area (Å²) in [7, 11) is 0. The van der Waals surface area contributed by atoms with Crippen molar-refractivity contribution < 1.29 is 4.74 Å². The van der Waals surface area contributed by atoms with Crippen LogP contribution in [0.15, 0.2) is 6.20 Å². The highest BCUT2D eigenvalue weighted by Crippen LogP contribution is 2.15. The Morgan fingerprint density at radius 2 is 2.60 bits per heavy atom. The SMILES string of the molecule is CCOCc1cn([C@@H]2CCCNC2)nn1. The normalized spacial score (nSPS) is 21.8. The summed E-state index contributed by atoms with van der Waals surface area (Å²) in [6.07, 6.45) is 4.39. The predicted molar refractivity (Wildman–Crippen MR) is 56.5 cm³/mol. The van der Waals surface area contributed by atoms with Gasteiger partial charge in [-0.15, -0.1) is 5.10 Å². The summed E-state index contributed by atoms with van der Waals surface area (Å²) in [6.45, 7) is 5.39. The fraction of sp³-hybridized carbons (Fsp3) is 0.800. The molecule has 1 saturated heterocycles. The van der Waals surface area contributed by atoms with Gasteiger partial charge in [-0.3, -0.25) is 0 Å². The summed E-state index contributed by atoms with van der Waals surface area (Å²) >= 11 is 0. The van der Waals surface area contributed by atoms with Crippen LogP contribution in [0.5, 0.6) is 0 Å². The maximum absolute atomic E-state index is 5.29. The highest BCUT2D eigenvalue weighted by atomic mass is 16.5. The number of rotatable bonds is 4. The molecule has 1 N–H and O–H groups in total. The van der Waals surface area contributed by atoms with Crippen molar-refractivity contribution in [3.05, 3.63) is 11.9 Å². The van der Waals surface area contributed by atoms with Crippen LogP contribution in [-0.2, 0) is 11.3 Å². The number of hydrogen-bond acceptors (Lipinski definition) is 4. The topological polar surface area (TPSA) is 52.0 Å². The number of nitrogens with one attached hydrogen (secondary N) is 1. The molecule has 0 radical (unpaired) electrons. The zero-order valence-corrected chi connectivity index (χ0v) is 9.15. The smallest absolute Gasteiger partial charge is 0.108 e. The highest BCUT2D eigenvalue weighted by Gasteiger charge is 2.16. The molecule has 1 aliphatic rings. The molecule has 0 bridgehead atoms. The molecule has 0 amide bonds. The Labute approximate surface area is 89.8 Å². The molecule has 2 heterocycles. The third-order valence-corrected chi connectivity index (χ3v) is 2.66. The van der Waals surface area contributed by atoms with Crippen LogP contribution in [0, 0.1) is 0 Å². The minimum atomic E-state index is 0.460. The van der Waals surface area contributed by atoms with Crippen molar-refractivity contribution in [3.8, 4) is 0 Å². The Kier molecular flexibility index (Phi) is 3.69. The summed E-state index contributed by atoms with van der Waals surface area (Å²) in [5, 5.41) is 11.6. The van der Waals surface area contributed by atoms with E-state index < -0.39 is 0 Å². The van der Waals surface area contributed by atoms with Gasteiger partial charge < -0.3 is 10.1 Å². The zero-order chi connectivity index (χ0) is 10.5. The van der Waals surface area contributed by atoms with Crippen LogP contribution >= 0.6 is 0 Å². The first-order valence-corrected chi connectivity index (χ1v) is 5.59. The summed E-state index contributed by atoms with van der Waals surface area (Å²) < 4.78 is 7.25. The van der Waals surface area contributed by atoms with Crippen molar-refractivity contribution in [1.82, 2.24) is 20.3 Å². The second-order valence-corrected chi connectivity index (χ2v) is 3.83. The lowest BCUT2D eigenvalue weighted by atomic mass is 10.1. The van der Waals surface area contributed by atoms with Gasteiger partial charge in [-0.25, -0.2) is 4.68 Å². The third kappa shape index (κ3) is 2.76.